The predicted molar refractivity (Wildman–Crippen MR) is 73.2 cm³/mol. The molecule has 0 aliphatic heterocycles. The van der Waals surface area contributed by atoms with Crippen LogP contribution >= 0.6 is 11.3 Å². The van der Waals surface area contributed by atoms with Gasteiger partial charge in [0.05, 0.1) is 11.6 Å². The number of benzene rings is 1. The number of thiophene rings is 1. The van der Waals surface area contributed by atoms with Crippen molar-refractivity contribution >= 4 is 28.1 Å². The van der Waals surface area contributed by atoms with Crippen LogP contribution in [0.25, 0.3) is 11.0 Å². The van der Waals surface area contributed by atoms with Gasteiger partial charge >= 0.3 is 0 Å². The first kappa shape index (κ1) is 11.7. The number of nitriles is 1. The molecule has 1 atom stereocenters. The highest BCUT2D eigenvalue weighted by Crippen LogP contribution is 2.29. The van der Waals surface area contributed by atoms with Crippen LogP contribution in [0.5, 0.6) is 0 Å². The number of hydrogen-bond acceptors (Lipinski definition) is 4. The van der Waals surface area contributed by atoms with E-state index in [9.17, 15) is 10.1 Å². The van der Waals surface area contributed by atoms with Crippen molar-refractivity contribution in [2.24, 2.45) is 0 Å². The van der Waals surface area contributed by atoms with Crippen molar-refractivity contribution in [2.45, 2.75) is 5.92 Å². The van der Waals surface area contributed by atoms with E-state index in [1.807, 2.05) is 29.6 Å². The Kier molecular flexibility index (Phi) is 2.90. The number of Topliss-reactive ketones (excluding diaryl/α,β-unsaturated/α-hetero) is 1. The van der Waals surface area contributed by atoms with Crippen molar-refractivity contribution in [3.8, 4) is 6.07 Å². The molecule has 0 aliphatic rings. The minimum atomic E-state index is -0.763. The average Bonchev–Trinajstić information content (AvgIpc) is 3.08. The SMILES string of the molecule is N#CC(C(=O)c1coc2ccccc12)c1cccs1. The number of fused-ring (bicyclic) bond motifs is 1. The van der Waals surface area contributed by atoms with Gasteiger partial charge < -0.3 is 4.42 Å². The quantitative estimate of drug-likeness (QED) is 0.674. The fourth-order valence-corrected chi connectivity index (χ4v) is 2.80. The van der Waals surface area contributed by atoms with Gasteiger partial charge in [-0.15, -0.1) is 11.3 Å². The summed E-state index contributed by atoms with van der Waals surface area (Å²) in [4.78, 5) is 13.2. The number of nitrogens with zero attached hydrogens (tertiary/aromatic N) is 1. The molecule has 19 heavy (non-hydrogen) atoms. The van der Waals surface area contributed by atoms with E-state index in [1.165, 1.54) is 17.6 Å². The summed E-state index contributed by atoms with van der Waals surface area (Å²) in [5, 5.41) is 11.9. The highest BCUT2D eigenvalue weighted by Gasteiger charge is 2.25. The van der Waals surface area contributed by atoms with Crippen LogP contribution in [0.15, 0.2) is 52.5 Å². The van der Waals surface area contributed by atoms with E-state index in [0.29, 0.717) is 11.1 Å². The zero-order chi connectivity index (χ0) is 13.2. The van der Waals surface area contributed by atoms with Crippen molar-refractivity contribution in [2.75, 3.05) is 0 Å². The summed E-state index contributed by atoms with van der Waals surface area (Å²) in [5.74, 6) is -0.976. The van der Waals surface area contributed by atoms with Crippen molar-refractivity contribution < 1.29 is 9.21 Å². The van der Waals surface area contributed by atoms with Crippen molar-refractivity contribution in [3.05, 3.63) is 58.5 Å². The maximum absolute atomic E-state index is 12.5. The number of ketones is 1. The van der Waals surface area contributed by atoms with Crippen molar-refractivity contribution in [1.29, 1.82) is 5.26 Å². The molecule has 3 nitrogen and oxygen atoms in total. The molecule has 1 aromatic carbocycles. The molecule has 0 spiro atoms. The van der Waals surface area contributed by atoms with Gasteiger partial charge in [0.25, 0.3) is 0 Å². The Labute approximate surface area is 113 Å². The van der Waals surface area contributed by atoms with Crippen molar-refractivity contribution in [3.63, 3.8) is 0 Å². The minimum Gasteiger partial charge on any atom is -0.464 e. The van der Waals surface area contributed by atoms with Gasteiger partial charge in [-0.3, -0.25) is 4.79 Å². The molecule has 1 unspecified atom stereocenters. The summed E-state index contributed by atoms with van der Waals surface area (Å²) in [5.41, 5.74) is 1.13. The van der Waals surface area contributed by atoms with Crippen LogP contribution in [0.2, 0.25) is 0 Å². The first-order valence-corrected chi connectivity index (χ1v) is 6.62. The molecule has 92 valence electrons. The van der Waals surface area contributed by atoms with Crippen LogP contribution in [0.4, 0.5) is 0 Å². The van der Waals surface area contributed by atoms with Crippen LogP contribution < -0.4 is 0 Å². The summed E-state index contributed by atoms with van der Waals surface area (Å²) in [7, 11) is 0. The van der Waals surface area contributed by atoms with Gasteiger partial charge in [0.15, 0.2) is 5.78 Å². The Morgan fingerprint density at radius 3 is 2.84 bits per heavy atom. The molecular weight excluding hydrogens is 258 g/mol. The average molecular weight is 267 g/mol. The van der Waals surface area contributed by atoms with Crippen LogP contribution in [-0.2, 0) is 0 Å². The lowest BCUT2D eigenvalue weighted by molar-refractivity contribution is 0.0980. The number of carbonyl (C=O) groups excluding carboxylic acids is 1. The number of furan rings is 1. The number of carbonyl (C=O) groups is 1. The molecule has 0 saturated carbocycles. The summed E-state index contributed by atoms with van der Waals surface area (Å²) >= 11 is 1.41. The molecule has 3 aromatic rings. The highest BCUT2D eigenvalue weighted by atomic mass is 32.1. The maximum atomic E-state index is 12.5. The van der Waals surface area contributed by atoms with Crippen LogP contribution in [-0.4, -0.2) is 5.78 Å². The third kappa shape index (κ3) is 1.94. The van der Waals surface area contributed by atoms with E-state index < -0.39 is 5.92 Å². The Morgan fingerprint density at radius 2 is 2.11 bits per heavy atom. The lowest BCUT2D eigenvalue weighted by Gasteiger charge is -2.04. The summed E-state index contributed by atoms with van der Waals surface area (Å²) < 4.78 is 5.36. The van der Waals surface area contributed by atoms with Crippen molar-refractivity contribution in [1.82, 2.24) is 0 Å². The summed E-state index contributed by atoms with van der Waals surface area (Å²) in [6.07, 6.45) is 1.44. The Balaban J connectivity index is 2.07. The largest absolute Gasteiger partial charge is 0.464 e. The second-order valence-electron chi connectivity index (χ2n) is 4.09. The van der Waals surface area contributed by atoms with Gasteiger partial charge in [-0.1, -0.05) is 24.3 Å². The van der Waals surface area contributed by atoms with Gasteiger partial charge in [0.1, 0.15) is 17.8 Å². The fraction of sp³-hybridized carbons (Fsp3) is 0.0667. The van der Waals surface area contributed by atoms with E-state index in [2.05, 4.69) is 6.07 Å². The molecule has 2 aromatic heterocycles. The van der Waals surface area contributed by atoms with E-state index in [-0.39, 0.29) is 5.78 Å². The lowest BCUT2D eigenvalue weighted by Crippen LogP contribution is -2.09. The zero-order valence-electron chi connectivity index (χ0n) is 9.87. The van der Waals surface area contributed by atoms with Gasteiger partial charge in [-0.2, -0.15) is 5.26 Å². The Morgan fingerprint density at radius 1 is 1.26 bits per heavy atom. The molecule has 0 amide bonds. The fourth-order valence-electron chi connectivity index (χ4n) is 2.03. The van der Waals surface area contributed by atoms with E-state index in [1.54, 1.807) is 12.1 Å². The lowest BCUT2D eigenvalue weighted by atomic mass is 9.97. The topological polar surface area (TPSA) is 54.0 Å². The molecule has 3 rings (SSSR count). The molecule has 0 bridgehead atoms. The van der Waals surface area contributed by atoms with Gasteiger partial charge in [0, 0.05) is 10.3 Å². The number of para-hydroxylation sites is 1. The van der Waals surface area contributed by atoms with Gasteiger partial charge in [-0.05, 0) is 17.5 Å². The summed E-state index contributed by atoms with van der Waals surface area (Å²) in [6.45, 7) is 0. The van der Waals surface area contributed by atoms with Crippen LogP contribution in [0, 0.1) is 11.3 Å². The van der Waals surface area contributed by atoms with Gasteiger partial charge in [-0.25, -0.2) is 0 Å². The standard InChI is InChI=1S/C15H9NO2S/c16-8-11(14-6-3-7-19-14)15(17)12-9-18-13-5-2-1-4-10(12)13/h1-7,9,11H. The molecule has 0 saturated heterocycles. The molecule has 4 heteroatoms. The minimum absolute atomic E-state index is 0.213. The Bertz CT molecular complexity index is 765. The molecule has 0 fully saturated rings. The molecular formula is C15H9NO2S. The third-order valence-corrected chi connectivity index (χ3v) is 3.90. The Hall–Kier alpha value is -2.38. The molecule has 0 aliphatic carbocycles. The highest BCUT2D eigenvalue weighted by molar-refractivity contribution is 7.10. The normalized spacial score (nSPS) is 12.2. The number of rotatable bonds is 3. The van der Waals surface area contributed by atoms with Crippen LogP contribution in [0.3, 0.4) is 0 Å². The smallest absolute Gasteiger partial charge is 0.189 e. The number of hydrogen-bond donors (Lipinski definition) is 0. The monoisotopic (exact) mass is 267 g/mol. The molecule has 0 N–H and O–H groups in total. The maximum Gasteiger partial charge on any atom is 0.189 e. The zero-order valence-corrected chi connectivity index (χ0v) is 10.7. The van der Waals surface area contributed by atoms with Gasteiger partial charge in [0.2, 0.25) is 0 Å². The molecule has 0 radical (unpaired) electrons. The van der Waals surface area contributed by atoms with E-state index in [4.69, 9.17) is 4.42 Å². The van der Waals surface area contributed by atoms with Crippen LogP contribution in [0.1, 0.15) is 21.2 Å². The van der Waals surface area contributed by atoms with E-state index >= 15 is 0 Å². The second kappa shape index (κ2) is 4.71. The third-order valence-electron chi connectivity index (χ3n) is 2.97. The molecule has 2 heterocycles. The summed E-state index contributed by atoms with van der Waals surface area (Å²) in [6, 6.07) is 13.0. The predicted octanol–water partition coefficient (Wildman–Crippen LogP) is 3.98. The second-order valence-corrected chi connectivity index (χ2v) is 5.07. The first-order valence-electron chi connectivity index (χ1n) is 5.74. The van der Waals surface area contributed by atoms with E-state index in [0.717, 1.165) is 10.3 Å². The first-order chi connectivity index (χ1) is 9.31.